The van der Waals surface area contributed by atoms with Crippen LogP contribution in [0.5, 0.6) is 11.5 Å². The molecule has 0 atom stereocenters. The van der Waals surface area contributed by atoms with Crippen LogP contribution in [0.25, 0.3) is 0 Å². The third-order valence-corrected chi connectivity index (χ3v) is 4.49. The summed E-state index contributed by atoms with van der Waals surface area (Å²) in [5, 5.41) is 14.7. The van der Waals surface area contributed by atoms with E-state index in [1.165, 1.54) is 50.4 Å². The smallest absolute Gasteiger partial charge is 0.337 e. The number of carbonyl (C=O) groups excluding carboxylic acids is 3. The third kappa shape index (κ3) is 5.53. The lowest BCUT2D eigenvalue weighted by Gasteiger charge is -2.14. The molecule has 0 aliphatic heterocycles. The normalized spacial score (nSPS) is 10.1. The second-order valence-corrected chi connectivity index (χ2v) is 6.76. The topological polar surface area (TPSA) is 131 Å². The molecule has 0 aliphatic carbocycles. The van der Waals surface area contributed by atoms with Crippen LogP contribution < -0.4 is 20.1 Å². The highest BCUT2D eigenvalue weighted by Gasteiger charge is 2.19. The number of carboxylic acids is 1. The van der Waals surface area contributed by atoms with Crippen molar-refractivity contribution < 1.29 is 33.8 Å². The van der Waals surface area contributed by atoms with Gasteiger partial charge < -0.3 is 25.2 Å². The second kappa shape index (κ2) is 10.1. The van der Waals surface area contributed by atoms with Crippen LogP contribution in [0.1, 0.15) is 38.0 Å². The first-order valence-corrected chi connectivity index (χ1v) is 9.70. The molecule has 3 rings (SSSR count). The van der Waals surface area contributed by atoms with E-state index in [1.54, 1.807) is 30.3 Å². The molecule has 3 N–H and O–H groups in total. The molecule has 9 heteroatoms. The zero-order valence-corrected chi connectivity index (χ0v) is 17.7. The second-order valence-electron chi connectivity index (χ2n) is 6.76. The molecule has 0 saturated carbocycles. The summed E-state index contributed by atoms with van der Waals surface area (Å²) >= 11 is 0. The van der Waals surface area contributed by atoms with Gasteiger partial charge in [0.25, 0.3) is 11.8 Å². The Hall–Kier alpha value is -4.66. The predicted molar refractivity (Wildman–Crippen MR) is 120 cm³/mol. The SMILES string of the molecule is COc1ccccc1C(=O)Nc1cc(NC(=O)c2ccccc2OC(C)=O)ccc1C(=O)O. The molecule has 0 fully saturated rings. The van der Waals surface area contributed by atoms with Crippen LogP contribution in [-0.2, 0) is 4.79 Å². The number of aromatic carboxylic acids is 1. The summed E-state index contributed by atoms with van der Waals surface area (Å²) in [5.74, 6) is -2.62. The number of para-hydroxylation sites is 2. The van der Waals surface area contributed by atoms with Crippen molar-refractivity contribution >= 4 is 35.1 Å². The highest BCUT2D eigenvalue weighted by molar-refractivity contribution is 6.11. The number of esters is 1. The van der Waals surface area contributed by atoms with Crippen molar-refractivity contribution in [1.29, 1.82) is 0 Å². The van der Waals surface area contributed by atoms with Crippen LogP contribution in [0.3, 0.4) is 0 Å². The van der Waals surface area contributed by atoms with Crippen molar-refractivity contribution in [3.8, 4) is 11.5 Å². The molecule has 168 valence electrons. The number of carboxylic acid groups (broad SMARTS) is 1. The molecule has 9 nitrogen and oxygen atoms in total. The van der Waals surface area contributed by atoms with Crippen molar-refractivity contribution in [1.82, 2.24) is 0 Å². The van der Waals surface area contributed by atoms with Gasteiger partial charge in [-0.05, 0) is 42.5 Å². The number of hydrogen-bond acceptors (Lipinski definition) is 6. The van der Waals surface area contributed by atoms with Gasteiger partial charge in [-0.1, -0.05) is 24.3 Å². The van der Waals surface area contributed by atoms with Gasteiger partial charge in [0.05, 0.1) is 29.5 Å². The summed E-state index contributed by atoms with van der Waals surface area (Å²) in [6.45, 7) is 1.22. The minimum absolute atomic E-state index is 0.0236. The molecule has 0 unspecified atom stereocenters. The van der Waals surface area contributed by atoms with Crippen LogP contribution in [0.2, 0.25) is 0 Å². The number of carbonyl (C=O) groups is 4. The molecule has 3 aromatic rings. The lowest BCUT2D eigenvalue weighted by Crippen LogP contribution is -2.17. The van der Waals surface area contributed by atoms with E-state index in [0.29, 0.717) is 5.75 Å². The monoisotopic (exact) mass is 448 g/mol. The predicted octanol–water partition coefficient (Wildman–Crippen LogP) is 3.82. The van der Waals surface area contributed by atoms with E-state index < -0.39 is 23.8 Å². The van der Waals surface area contributed by atoms with Gasteiger partial charge >= 0.3 is 11.9 Å². The Bertz CT molecular complexity index is 1240. The number of rotatable bonds is 7. The van der Waals surface area contributed by atoms with E-state index >= 15 is 0 Å². The van der Waals surface area contributed by atoms with E-state index in [1.807, 2.05) is 0 Å². The maximum absolute atomic E-state index is 12.8. The van der Waals surface area contributed by atoms with Crippen molar-refractivity contribution in [2.45, 2.75) is 6.92 Å². The van der Waals surface area contributed by atoms with Gasteiger partial charge in [-0.25, -0.2) is 4.79 Å². The Balaban J connectivity index is 1.89. The molecule has 33 heavy (non-hydrogen) atoms. The average molecular weight is 448 g/mol. The van der Waals surface area contributed by atoms with Crippen LogP contribution in [0.15, 0.2) is 66.7 Å². The highest BCUT2D eigenvalue weighted by atomic mass is 16.5. The summed E-state index contributed by atoms with van der Waals surface area (Å²) in [6.07, 6.45) is 0. The van der Waals surface area contributed by atoms with E-state index in [2.05, 4.69) is 10.6 Å². The largest absolute Gasteiger partial charge is 0.496 e. The molecule has 3 aromatic carbocycles. The van der Waals surface area contributed by atoms with Crippen molar-refractivity contribution in [3.63, 3.8) is 0 Å². The maximum atomic E-state index is 12.8. The van der Waals surface area contributed by atoms with Crippen LogP contribution in [-0.4, -0.2) is 36.0 Å². The molecule has 0 radical (unpaired) electrons. The van der Waals surface area contributed by atoms with Gasteiger partial charge in [0.1, 0.15) is 11.5 Å². The van der Waals surface area contributed by atoms with E-state index in [-0.39, 0.29) is 33.8 Å². The van der Waals surface area contributed by atoms with E-state index in [9.17, 15) is 24.3 Å². The highest BCUT2D eigenvalue weighted by Crippen LogP contribution is 2.26. The van der Waals surface area contributed by atoms with Crippen LogP contribution in [0, 0.1) is 0 Å². The van der Waals surface area contributed by atoms with Gasteiger partial charge in [-0.15, -0.1) is 0 Å². The molecular weight excluding hydrogens is 428 g/mol. The summed E-state index contributed by atoms with van der Waals surface area (Å²) in [6, 6.07) is 16.6. The average Bonchev–Trinajstić information content (AvgIpc) is 2.78. The Morgan fingerprint density at radius 2 is 1.33 bits per heavy atom. The number of anilines is 2. The first-order chi connectivity index (χ1) is 15.8. The summed E-state index contributed by atoms with van der Waals surface area (Å²) in [5.41, 5.74) is 0.342. The first kappa shape index (κ1) is 23.0. The fraction of sp³-hybridized carbons (Fsp3) is 0.0833. The minimum atomic E-state index is -1.26. The minimum Gasteiger partial charge on any atom is -0.496 e. The van der Waals surface area contributed by atoms with Gasteiger partial charge in [0.2, 0.25) is 0 Å². The summed E-state index contributed by atoms with van der Waals surface area (Å²) in [7, 11) is 1.42. The van der Waals surface area contributed by atoms with Crippen molar-refractivity contribution in [2.75, 3.05) is 17.7 Å². The summed E-state index contributed by atoms with van der Waals surface area (Å²) < 4.78 is 10.2. The number of methoxy groups -OCH3 is 1. The molecule has 0 bridgehead atoms. The van der Waals surface area contributed by atoms with Gasteiger partial charge in [-0.2, -0.15) is 0 Å². The quantitative estimate of drug-likeness (QED) is 0.370. The number of hydrogen-bond donors (Lipinski definition) is 3. The first-order valence-electron chi connectivity index (χ1n) is 9.70. The Labute approximate surface area is 189 Å². The van der Waals surface area contributed by atoms with E-state index in [0.717, 1.165) is 0 Å². The lowest BCUT2D eigenvalue weighted by atomic mass is 10.1. The third-order valence-electron chi connectivity index (χ3n) is 4.49. The van der Waals surface area contributed by atoms with Crippen molar-refractivity contribution in [3.05, 3.63) is 83.4 Å². The fourth-order valence-corrected chi connectivity index (χ4v) is 3.03. The molecular formula is C24H20N2O7. The zero-order valence-electron chi connectivity index (χ0n) is 17.7. The molecule has 0 aliphatic rings. The lowest BCUT2D eigenvalue weighted by molar-refractivity contribution is -0.131. The number of nitrogens with one attached hydrogen (secondary N) is 2. The fourth-order valence-electron chi connectivity index (χ4n) is 3.03. The number of benzene rings is 3. The molecule has 2 amide bonds. The molecule has 0 spiro atoms. The Morgan fingerprint density at radius 3 is 1.94 bits per heavy atom. The summed E-state index contributed by atoms with van der Waals surface area (Å²) in [4.78, 5) is 48.5. The Morgan fingerprint density at radius 1 is 0.758 bits per heavy atom. The Kier molecular flexibility index (Phi) is 7.04. The van der Waals surface area contributed by atoms with E-state index in [4.69, 9.17) is 9.47 Å². The molecule has 0 aromatic heterocycles. The van der Waals surface area contributed by atoms with Crippen LogP contribution in [0.4, 0.5) is 11.4 Å². The maximum Gasteiger partial charge on any atom is 0.337 e. The molecule has 0 heterocycles. The van der Waals surface area contributed by atoms with Crippen LogP contribution >= 0.6 is 0 Å². The number of ether oxygens (including phenoxy) is 2. The standard InChI is InChI=1S/C24H20N2O7/c1-14(27)33-21-10-6-4-8-18(21)22(28)25-15-11-12-16(24(30)31)19(13-15)26-23(29)17-7-3-5-9-20(17)32-2/h3-13H,1-2H3,(H,25,28)(H,26,29)(H,30,31). The molecule has 0 saturated heterocycles. The number of amides is 2. The van der Waals surface area contributed by atoms with Crippen molar-refractivity contribution in [2.24, 2.45) is 0 Å². The van der Waals surface area contributed by atoms with Gasteiger partial charge in [-0.3, -0.25) is 14.4 Å². The zero-order chi connectivity index (χ0) is 24.0. The van der Waals surface area contributed by atoms with Gasteiger partial charge in [0, 0.05) is 12.6 Å². The van der Waals surface area contributed by atoms with Gasteiger partial charge in [0.15, 0.2) is 0 Å².